The van der Waals surface area contributed by atoms with E-state index in [1.165, 1.54) is 6.26 Å². The molecule has 4 atom stereocenters. The van der Waals surface area contributed by atoms with E-state index in [9.17, 15) is 10.4 Å². The summed E-state index contributed by atoms with van der Waals surface area (Å²) in [6.45, 7) is 0.670. The molecule has 3 aliphatic heterocycles. The summed E-state index contributed by atoms with van der Waals surface area (Å²) in [4.78, 5) is 5.67. The van der Waals surface area contributed by atoms with Gasteiger partial charge in [0.25, 0.3) is 0 Å². The largest absolute Gasteiger partial charge is 0.493 e. The third kappa shape index (κ3) is 1.80. The molecule has 0 saturated carbocycles. The topological polar surface area (TPSA) is 74.9 Å². The third-order valence-electron chi connectivity index (χ3n) is 5.81. The Morgan fingerprint density at radius 2 is 2.32 bits per heavy atom. The second kappa shape index (κ2) is 5.01. The van der Waals surface area contributed by atoms with E-state index in [1.54, 1.807) is 7.11 Å². The lowest BCUT2D eigenvalue weighted by Crippen LogP contribution is -2.42. The maximum Gasteiger partial charge on any atom is 0.166 e. The van der Waals surface area contributed by atoms with Crippen molar-refractivity contribution < 1.29 is 19.4 Å². The number of hydrogen-bond donors (Lipinski definition) is 1. The van der Waals surface area contributed by atoms with Crippen LogP contribution in [0.4, 0.5) is 0 Å². The van der Waals surface area contributed by atoms with Crippen LogP contribution >= 0.6 is 0 Å². The van der Waals surface area contributed by atoms with E-state index in [0.717, 1.165) is 23.3 Å². The van der Waals surface area contributed by atoms with Gasteiger partial charge in [-0.3, -0.25) is 0 Å². The summed E-state index contributed by atoms with van der Waals surface area (Å²) in [7, 11) is 1.63. The Morgan fingerprint density at radius 1 is 1.44 bits per heavy atom. The van der Waals surface area contributed by atoms with Gasteiger partial charge in [0.15, 0.2) is 11.5 Å². The molecule has 5 rings (SSSR count). The zero-order valence-electron chi connectivity index (χ0n) is 13.8. The molecule has 1 aliphatic carbocycles. The lowest BCUT2D eigenvalue weighted by molar-refractivity contribution is -0.107. The number of ether oxygens (including phenoxy) is 2. The van der Waals surface area contributed by atoms with Crippen molar-refractivity contribution in [3.63, 3.8) is 0 Å². The van der Waals surface area contributed by atoms with E-state index in [-0.39, 0.29) is 17.6 Å². The second-order valence-electron chi connectivity index (χ2n) is 6.95. The van der Waals surface area contributed by atoms with Gasteiger partial charge in [-0.2, -0.15) is 5.26 Å². The zero-order valence-corrected chi connectivity index (χ0v) is 13.8. The second-order valence-corrected chi connectivity index (χ2v) is 6.95. The minimum atomic E-state index is -0.506. The molecule has 0 unspecified atom stereocenters. The summed E-state index contributed by atoms with van der Waals surface area (Å²) in [5, 5.41) is 21.5. The van der Waals surface area contributed by atoms with Crippen molar-refractivity contribution in [3.05, 3.63) is 47.2 Å². The van der Waals surface area contributed by atoms with Gasteiger partial charge >= 0.3 is 0 Å². The normalized spacial score (nSPS) is 34.6. The number of rotatable bonds is 1. The summed E-state index contributed by atoms with van der Waals surface area (Å²) in [5.74, 6) is 1.42. The van der Waals surface area contributed by atoms with Crippen LogP contribution in [0.3, 0.4) is 0 Å². The number of methoxy groups -OCH3 is 1. The minimum absolute atomic E-state index is 0.146. The number of nitrogens with zero attached hydrogens (tertiary/aromatic N) is 2. The van der Waals surface area contributed by atoms with E-state index in [2.05, 4.69) is 12.1 Å². The van der Waals surface area contributed by atoms with Crippen LogP contribution in [-0.4, -0.2) is 36.0 Å². The fourth-order valence-corrected chi connectivity index (χ4v) is 4.66. The predicted octanol–water partition coefficient (Wildman–Crippen LogP) is 2.11. The van der Waals surface area contributed by atoms with Gasteiger partial charge in [0, 0.05) is 18.5 Å². The summed E-state index contributed by atoms with van der Waals surface area (Å²) in [6, 6.07) is 5.92. The molecule has 0 fully saturated rings. The third-order valence-corrected chi connectivity index (χ3v) is 5.81. The highest BCUT2D eigenvalue weighted by Crippen LogP contribution is 2.58. The van der Waals surface area contributed by atoms with Crippen LogP contribution in [0.15, 0.2) is 36.1 Å². The van der Waals surface area contributed by atoms with Gasteiger partial charge in [-0.15, -0.1) is 5.06 Å². The van der Waals surface area contributed by atoms with Crippen LogP contribution in [0.25, 0.3) is 0 Å². The standard InChI is InChI=1S/C19H18N2O4/c1-23-14-3-2-13-16-18(14)25-15-8-12(22)4-5-19(15,16)6-7-21-17(13)11(9-20)10-24-21/h2-5,10,12,15,17,22H,6-8H2,1H3/t12-,15-,17+,19-/m0/s1. The molecule has 0 radical (unpaired) electrons. The molecule has 1 spiro atoms. The molecule has 25 heavy (non-hydrogen) atoms. The van der Waals surface area contributed by atoms with Crippen LogP contribution in [0.1, 0.15) is 30.0 Å². The molecule has 0 aromatic heterocycles. The number of aliphatic hydroxyl groups is 1. The molecule has 1 N–H and O–H groups in total. The summed E-state index contributed by atoms with van der Waals surface area (Å²) < 4.78 is 11.8. The highest BCUT2D eigenvalue weighted by molar-refractivity contribution is 5.63. The van der Waals surface area contributed by atoms with Gasteiger partial charge in [0.1, 0.15) is 24.5 Å². The molecule has 1 aromatic carbocycles. The molecular formula is C19H18N2O4. The number of aliphatic hydroxyl groups excluding tert-OH is 1. The molecule has 6 nitrogen and oxygen atoms in total. The fraction of sp³-hybridized carbons (Fsp3) is 0.421. The Bertz CT molecular complexity index is 856. The zero-order chi connectivity index (χ0) is 17.2. The van der Waals surface area contributed by atoms with Crippen molar-refractivity contribution in [2.75, 3.05) is 13.7 Å². The van der Waals surface area contributed by atoms with Crippen molar-refractivity contribution in [2.45, 2.75) is 36.5 Å². The Labute approximate surface area is 145 Å². The molecule has 0 bridgehead atoms. The van der Waals surface area contributed by atoms with Gasteiger partial charge in [-0.25, -0.2) is 0 Å². The Balaban J connectivity index is 1.78. The Kier molecular flexibility index (Phi) is 2.97. The van der Waals surface area contributed by atoms with Crippen molar-refractivity contribution in [3.8, 4) is 17.6 Å². The number of nitriles is 1. The molecule has 6 heteroatoms. The van der Waals surface area contributed by atoms with Gasteiger partial charge in [0.05, 0.1) is 24.2 Å². The Hall–Kier alpha value is -2.49. The number of hydroxylamine groups is 2. The number of hydrogen-bond acceptors (Lipinski definition) is 6. The first-order valence-electron chi connectivity index (χ1n) is 8.47. The van der Waals surface area contributed by atoms with E-state index >= 15 is 0 Å². The van der Waals surface area contributed by atoms with Crippen molar-refractivity contribution in [1.29, 1.82) is 5.26 Å². The lowest BCUT2D eigenvalue weighted by Gasteiger charge is -2.35. The van der Waals surface area contributed by atoms with Gasteiger partial charge in [-0.1, -0.05) is 18.2 Å². The Morgan fingerprint density at radius 3 is 3.12 bits per heavy atom. The quantitative estimate of drug-likeness (QED) is 0.791. The van der Waals surface area contributed by atoms with Crippen LogP contribution in [0, 0.1) is 11.3 Å². The SMILES string of the molecule is COc1ccc2c3c1O[C@H]1C[C@@H](O)C=C[C@@]31CCN1OC=C(C#N)[C@H]21. The number of benzene rings is 1. The summed E-state index contributed by atoms with van der Waals surface area (Å²) in [6.07, 6.45) is 6.15. The molecule has 128 valence electrons. The van der Waals surface area contributed by atoms with Gasteiger partial charge in [-0.05, 0) is 18.1 Å². The molecule has 1 aromatic rings. The van der Waals surface area contributed by atoms with E-state index in [0.29, 0.717) is 24.3 Å². The average molecular weight is 338 g/mol. The first kappa shape index (κ1) is 14.8. The first-order chi connectivity index (χ1) is 12.2. The van der Waals surface area contributed by atoms with E-state index in [4.69, 9.17) is 14.3 Å². The molecule has 0 amide bonds. The average Bonchev–Trinajstić information content (AvgIpc) is 3.14. The summed E-state index contributed by atoms with van der Waals surface area (Å²) in [5.41, 5.74) is 2.35. The first-order valence-corrected chi connectivity index (χ1v) is 8.47. The minimum Gasteiger partial charge on any atom is -0.493 e. The number of fused-ring (bicyclic) bond motifs is 2. The van der Waals surface area contributed by atoms with Crippen LogP contribution in [0.5, 0.6) is 11.5 Å². The maximum atomic E-state index is 10.1. The fourth-order valence-electron chi connectivity index (χ4n) is 4.66. The van der Waals surface area contributed by atoms with Gasteiger partial charge in [0.2, 0.25) is 0 Å². The van der Waals surface area contributed by atoms with Crippen molar-refractivity contribution >= 4 is 0 Å². The van der Waals surface area contributed by atoms with E-state index < -0.39 is 6.10 Å². The highest BCUT2D eigenvalue weighted by Gasteiger charge is 2.55. The van der Waals surface area contributed by atoms with E-state index in [1.807, 2.05) is 23.3 Å². The summed E-state index contributed by atoms with van der Waals surface area (Å²) >= 11 is 0. The van der Waals surface area contributed by atoms with Crippen LogP contribution < -0.4 is 9.47 Å². The molecule has 3 heterocycles. The van der Waals surface area contributed by atoms with Crippen molar-refractivity contribution in [2.24, 2.45) is 0 Å². The monoisotopic (exact) mass is 338 g/mol. The van der Waals surface area contributed by atoms with Crippen LogP contribution in [-0.2, 0) is 10.3 Å². The van der Waals surface area contributed by atoms with Crippen molar-refractivity contribution in [1.82, 2.24) is 5.06 Å². The highest BCUT2D eigenvalue weighted by atomic mass is 16.7. The molecule has 0 saturated heterocycles. The maximum absolute atomic E-state index is 10.1. The van der Waals surface area contributed by atoms with Gasteiger partial charge < -0.3 is 19.4 Å². The lowest BCUT2D eigenvalue weighted by atomic mass is 9.68. The molecule has 4 aliphatic rings. The van der Waals surface area contributed by atoms with Crippen LogP contribution in [0.2, 0.25) is 0 Å². The smallest absolute Gasteiger partial charge is 0.166 e. The predicted molar refractivity (Wildman–Crippen MR) is 87.7 cm³/mol. The molecular weight excluding hydrogens is 320 g/mol.